The van der Waals surface area contributed by atoms with Crippen molar-refractivity contribution in [1.82, 2.24) is 0 Å². The van der Waals surface area contributed by atoms with E-state index in [0.29, 0.717) is 0 Å². The van der Waals surface area contributed by atoms with Gasteiger partial charge >= 0.3 is 0 Å². The lowest BCUT2D eigenvalue weighted by atomic mass is 10.1. The third kappa shape index (κ3) is 2.81. The molecule has 0 radical (unpaired) electrons. The molecule has 1 rings (SSSR count). The molecule has 0 N–H and O–H groups in total. The van der Waals surface area contributed by atoms with E-state index in [1.165, 1.54) is 11.1 Å². The minimum absolute atomic E-state index is 0.998. The highest BCUT2D eigenvalue weighted by Gasteiger charge is 1.89. The highest BCUT2D eigenvalue weighted by molar-refractivity contribution is 7.78. The Labute approximate surface area is 73.2 Å². The smallest absolute Gasteiger partial charge is 0.0205 e. The average Bonchev–Trinajstić information content (AvgIpc) is 2.04. The summed E-state index contributed by atoms with van der Waals surface area (Å²) in [5, 5.41) is 1.79. The molecule has 0 aliphatic heterocycles. The standard InChI is InChI=1S/C10H12S/c1-9-4-6-10(7-5-9)3-2-8-11/h4-8H,2-3H2,1H3. The number of aryl methyl sites for hydroxylation is 2. The average molecular weight is 164 g/mol. The van der Waals surface area contributed by atoms with Gasteiger partial charge in [0.15, 0.2) is 0 Å². The fourth-order valence-corrected chi connectivity index (χ4v) is 1.10. The minimum atomic E-state index is 0.998. The Hall–Kier alpha value is -0.690. The van der Waals surface area contributed by atoms with E-state index in [2.05, 4.69) is 31.2 Å². The molecule has 0 heterocycles. The second-order valence-corrected chi connectivity index (χ2v) is 3.02. The van der Waals surface area contributed by atoms with Crippen LogP contribution < -0.4 is 0 Å². The van der Waals surface area contributed by atoms with Gasteiger partial charge in [-0.1, -0.05) is 42.0 Å². The first-order chi connectivity index (χ1) is 5.33. The minimum Gasteiger partial charge on any atom is -0.0935 e. The van der Waals surface area contributed by atoms with E-state index in [1.54, 1.807) is 5.37 Å². The molecule has 0 spiro atoms. The number of thiocarbonyl (C=S) groups is 1. The van der Waals surface area contributed by atoms with Gasteiger partial charge in [0.05, 0.1) is 0 Å². The van der Waals surface area contributed by atoms with Crippen LogP contribution in [0.5, 0.6) is 0 Å². The molecule has 0 fully saturated rings. The van der Waals surface area contributed by atoms with Gasteiger partial charge in [-0.25, -0.2) is 0 Å². The summed E-state index contributed by atoms with van der Waals surface area (Å²) in [6.45, 7) is 2.10. The summed E-state index contributed by atoms with van der Waals surface area (Å²) in [5.74, 6) is 0. The zero-order chi connectivity index (χ0) is 8.10. The van der Waals surface area contributed by atoms with E-state index in [-0.39, 0.29) is 0 Å². The Kier molecular flexibility index (Phi) is 3.24. The maximum Gasteiger partial charge on any atom is -0.0205 e. The zero-order valence-corrected chi connectivity index (χ0v) is 7.53. The summed E-state index contributed by atoms with van der Waals surface area (Å²) in [6, 6.07) is 8.60. The summed E-state index contributed by atoms with van der Waals surface area (Å²) < 4.78 is 0. The van der Waals surface area contributed by atoms with Crippen molar-refractivity contribution in [3.8, 4) is 0 Å². The van der Waals surface area contributed by atoms with Crippen LogP contribution in [-0.2, 0) is 6.42 Å². The normalized spacial score (nSPS) is 9.55. The summed E-state index contributed by atoms with van der Waals surface area (Å²) in [7, 11) is 0. The zero-order valence-electron chi connectivity index (χ0n) is 6.71. The van der Waals surface area contributed by atoms with E-state index in [9.17, 15) is 0 Å². The van der Waals surface area contributed by atoms with Crippen molar-refractivity contribution in [1.29, 1.82) is 0 Å². The van der Waals surface area contributed by atoms with Crippen LogP contribution in [-0.4, -0.2) is 5.37 Å². The molecule has 0 unspecified atom stereocenters. The van der Waals surface area contributed by atoms with Gasteiger partial charge in [0, 0.05) is 0 Å². The predicted molar refractivity (Wildman–Crippen MR) is 53.2 cm³/mol. The van der Waals surface area contributed by atoms with Gasteiger partial charge in [-0.15, -0.1) is 0 Å². The SMILES string of the molecule is Cc1ccc(CCC=S)cc1. The first kappa shape index (κ1) is 8.41. The second kappa shape index (κ2) is 4.24. The quantitative estimate of drug-likeness (QED) is 0.619. The summed E-state index contributed by atoms with van der Waals surface area (Å²) in [5.41, 5.74) is 2.69. The van der Waals surface area contributed by atoms with Gasteiger partial charge in [0.25, 0.3) is 0 Å². The first-order valence-electron chi connectivity index (χ1n) is 3.82. The molecule has 0 bridgehead atoms. The molecular weight excluding hydrogens is 152 g/mol. The summed E-state index contributed by atoms with van der Waals surface area (Å²) in [6.07, 6.45) is 2.07. The van der Waals surface area contributed by atoms with Crippen LogP contribution in [0.1, 0.15) is 17.5 Å². The monoisotopic (exact) mass is 164 g/mol. The van der Waals surface area contributed by atoms with Crippen LogP contribution in [0.3, 0.4) is 0 Å². The highest BCUT2D eigenvalue weighted by atomic mass is 32.1. The lowest BCUT2D eigenvalue weighted by molar-refractivity contribution is 1.06. The van der Waals surface area contributed by atoms with Crippen LogP contribution in [0.15, 0.2) is 24.3 Å². The molecule has 0 saturated carbocycles. The lowest BCUT2D eigenvalue weighted by Crippen LogP contribution is -1.84. The molecule has 0 amide bonds. The van der Waals surface area contributed by atoms with E-state index in [0.717, 1.165) is 12.8 Å². The molecule has 1 aromatic rings. The van der Waals surface area contributed by atoms with Gasteiger partial charge < -0.3 is 0 Å². The van der Waals surface area contributed by atoms with Crippen LogP contribution in [0.4, 0.5) is 0 Å². The fraction of sp³-hybridized carbons (Fsp3) is 0.300. The second-order valence-electron chi connectivity index (χ2n) is 2.69. The van der Waals surface area contributed by atoms with Crippen molar-refractivity contribution < 1.29 is 0 Å². The Morgan fingerprint density at radius 2 is 1.91 bits per heavy atom. The van der Waals surface area contributed by atoms with Gasteiger partial charge in [-0.3, -0.25) is 0 Å². The fourth-order valence-electron chi connectivity index (χ4n) is 0.980. The van der Waals surface area contributed by atoms with Crippen LogP contribution in [0, 0.1) is 6.92 Å². The van der Waals surface area contributed by atoms with Crippen LogP contribution >= 0.6 is 12.2 Å². The Bertz CT molecular complexity index is 223. The molecular formula is C10H12S. The van der Waals surface area contributed by atoms with Crippen molar-refractivity contribution in [3.63, 3.8) is 0 Å². The molecule has 1 aromatic carbocycles. The van der Waals surface area contributed by atoms with Crippen molar-refractivity contribution >= 4 is 17.6 Å². The van der Waals surface area contributed by atoms with E-state index in [4.69, 9.17) is 12.2 Å². The summed E-state index contributed by atoms with van der Waals surface area (Å²) in [4.78, 5) is 0. The maximum atomic E-state index is 4.75. The van der Waals surface area contributed by atoms with Crippen LogP contribution in [0.2, 0.25) is 0 Å². The molecule has 0 aromatic heterocycles. The van der Waals surface area contributed by atoms with Gasteiger partial charge in [0.2, 0.25) is 0 Å². The largest absolute Gasteiger partial charge is 0.0935 e. The molecule has 0 aliphatic rings. The van der Waals surface area contributed by atoms with Gasteiger partial charge in [-0.05, 0) is 30.7 Å². The molecule has 0 aliphatic carbocycles. The Morgan fingerprint density at radius 3 is 2.45 bits per heavy atom. The van der Waals surface area contributed by atoms with Gasteiger partial charge in [-0.2, -0.15) is 0 Å². The molecule has 0 atom stereocenters. The van der Waals surface area contributed by atoms with Crippen molar-refractivity contribution in [2.75, 3.05) is 0 Å². The van der Waals surface area contributed by atoms with E-state index < -0.39 is 0 Å². The van der Waals surface area contributed by atoms with Crippen molar-refractivity contribution in [2.24, 2.45) is 0 Å². The molecule has 11 heavy (non-hydrogen) atoms. The number of hydrogen-bond donors (Lipinski definition) is 0. The highest BCUT2D eigenvalue weighted by Crippen LogP contribution is 2.04. The Morgan fingerprint density at radius 1 is 1.27 bits per heavy atom. The van der Waals surface area contributed by atoms with Crippen LogP contribution in [0.25, 0.3) is 0 Å². The third-order valence-electron chi connectivity index (χ3n) is 1.67. The third-order valence-corrected chi connectivity index (χ3v) is 1.91. The molecule has 58 valence electrons. The number of benzene rings is 1. The van der Waals surface area contributed by atoms with E-state index >= 15 is 0 Å². The number of rotatable bonds is 3. The number of hydrogen-bond acceptors (Lipinski definition) is 1. The van der Waals surface area contributed by atoms with Crippen molar-refractivity contribution in [2.45, 2.75) is 19.8 Å². The van der Waals surface area contributed by atoms with Crippen molar-refractivity contribution in [3.05, 3.63) is 35.4 Å². The van der Waals surface area contributed by atoms with E-state index in [1.807, 2.05) is 0 Å². The first-order valence-corrected chi connectivity index (χ1v) is 4.29. The predicted octanol–water partition coefficient (Wildman–Crippen LogP) is 2.93. The topological polar surface area (TPSA) is 0 Å². The lowest BCUT2D eigenvalue weighted by Gasteiger charge is -1.97. The summed E-state index contributed by atoms with van der Waals surface area (Å²) >= 11 is 4.75. The molecule has 0 nitrogen and oxygen atoms in total. The Balaban J connectivity index is 2.58. The maximum absolute atomic E-state index is 4.75. The molecule has 1 heteroatoms. The molecule has 0 saturated heterocycles. The van der Waals surface area contributed by atoms with Gasteiger partial charge in [0.1, 0.15) is 0 Å².